The number of benzene rings is 4. The van der Waals surface area contributed by atoms with E-state index in [1.54, 1.807) is 67.8 Å². The van der Waals surface area contributed by atoms with Gasteiger partial charge in [0.1, 0.15) is 11.5 Å². The quantitative estimate of drug-likeness (QED) is 0.126. The smallest absolute Gasteiger partial charge is 0.336 e. The van der Waals surface area contributed by atoms with E-state index >= 15 is 0 Å². The van der Waals surface area contributed by atoms with Crippen molar-refractivity contribution in [1.82, 2.24) is 9.66 Å². The van der Waals surface area contributed by atoms with Gasteiger partial charge in [-0.05, 0) is 60.2 Å². The second-order valence-corrected chi connectivity index (χ2v) is 8.25. The fourth-order valence-electron chi connectivity index (χ4n) is 3.83. The molecule has 1 aromatic heterocycles. The number of rotatable bonds is 7. The Bertz CT molecular complexity index is 1710. The number of aromatic nitrogens is 2. The number of ether oxygens (including phenoxy) is 2. The number of methoxy groups -OCH3 is 1. The molecule has 186 valence electrons. The van der Waals surface area contributed by atoms with Crippen LogP contribution in [0.3, 0.4) is 0 Å². The van der Waals surface area contributed by atoms with Gasteiger partial charge >= 0.3 is 5.97 Å². The maximum Gasteiger partial charge on any atom is 0.336 e. The maximum absolute atomic E-state index is 13.4. The molecule has 0 bridgehead atoms. The average molecular weight is 502 g/mol. The molecule has 0 unspecified atom stereocenters. The summed E-state index contributed by atoms with van der Waals surface area (Å²) in [6.45, 7) is 0. The highest BCUT2D eigenvalue weighted by atomic mass is 16.5. The molecule has 38 heavy (non-hydrogen) atoms. The molecule has 0 radical (unpaired) electrons. The van der Waals surface area contributed by atoms with Gasteiger partial charge in [-0.2, -0.15) is 9.78 Å². The minimum atomic E-state index is -0.529. The van der Waals surface area contributed by atoms with Crippen LogP contribution in [0.1, 0.15) is 11.1 Å². The average Bonchev–Trinajstić information content (AvgIpc) is 2.97. The zero-order valence-corrected chi connectivity index (χ0v) is 20.5. The summed E-state index contributed by atoms with van der Waals surface area (Å²) in [4.78, 5) is 30.6. The summed E-state index contributed by atoms with van der Waals surface area (Å²) in [7, 11) is 1.59. The molecule has 5 rings (SSSR count). The van der Waals surface area contributed by atoms with Crippen molar-refractivity contribution in [3.8, 4) is 22.9 Å². The standard InChI is InChI=1S/C31H23N3O4/c1-37-25-18-16-23(17-19-25)30-33-27-13-7-6-12-26(27)31(36)34(30)32-21-24-11-5-8-14-28(24)38-29(35)20-15-22-9-3-2-4-10-22/h2-21H,1H3/b20-15+,32-21?. The van der Waals surface area contributed by atoms with Gasteiger partial charge in [0, 0.05) is 17.2 Å². The molecule has 0 atom stereocenters. The molecule has 0 spiro atoms. The minimum absolute atomic E-state index is 0.312. The van der Waals surface area contributed by atoms with Gasteiger partial charge < -0.3 is 9.47 Å². The molecule has 0 saturated heterocycles. The van der Waals surface area contributed by atoms with E-state index in [0.29, 0.717) is 39.4 Å². The molecule has 0 amide bonds. The van der Waals surface area contributed by atoms with Crippen LogP contribution in [-0.4, -0.2) is 29.0 Å². The van der Waals surface area contributed by atoms with Gasteiger partial charge in [-0.15, -0.1) is 0 Å². The first-order valence-electron chi connectivity index (χ1n) is 11.9. The van der Waals surface area contributed by atoms with Gasteiger partial charge in [0.15, 0.2) is 5.82 Å². The molecule has 0 fully saturated rings. The van der Waals surface area contributed by atoms with Crippen molar-refractivity contribution in [1.29, 1.82) is 0 Å². The van der Waals surface area contributed by atoms with Crippen LogP contribution in [0.5, 0.6) is 11.5 Å². The summed E-state index contributed by atoms with van der Waals surface area (Å²) in [5.41, 5.74) is 2.34. The Morgan fingerprint density at radius 1 is 0.868 bits per heavy atom. The van der Waals surface area contributed by atoms with Gasteiger partial charge in [0.05, 0.1) is 24.2 Å². The normalized spacial score (nSPS) is 11.3. The topological polar surface area (TPSA) is 82.8 Å². The zero-order chi connectivity index (χ0) is 26.3. The molecular weight excluding hydrogens is 478 g/mol. The highest BCUT2D eigenvalue weighted by Crippen LogP contribution is 2.22. The molecule has 0 saturated carbocycles. The van der Waals surface area contributed by atoms with Crippen LogP contribution in [0.2, 0.25) is 0 Å². The molecular formula is C31H23N3O4. The molecule has 7 heteroatoms. The van der Waals surface area contributed by atoms with Crippen LogP contribution < -0.4 is 15.0 Å². The number of fused-ring (bicyclic) bond motifs is 1. The molecule has 1 heterocycles. The van der Waals surface area contributed by atoms with Crippen molar-refractivity contribution in [3.63, 3.8) is 0 Å². The number of carbonyl (C=O) groups is 1. The van der Waals surface area contributed by atoms with Crippen LogP contribution in [0.15, 0.2) is 119 Å². The van der Waals surface area contributed by atoms with Crippen LogP contribution in [-0.2, 0) is 4.79 Å². The van der Waals surface area contributed by atoms with Gasteiger partial charge in [-0.25, -0.2) is 9.78 Å². The highest BCUT2D eigenvalue weighted by molar-refractivity contribution is 5.91. The minimum Gasteiger partial charge on any atom is -0.497 e. The lowest BCUT2D eigenvalue weighted by Crippen LogP contribution is -2.20. The Labute approximate surface area is 218 Å². The van der Waals surface area contributed by atoms with Crippen molar-refractivity contribution < 1.29 is 14.3 Å². The predicted octanol–water partition coefficient (Wildman–Crippen LogP) is 5.57. The van der Waals surface area contributed by atoms with E-state index in [9.17, 15) is 9.59 Å². The fourth-order valence-corrected chi connectivity index (χ4v) is 3.83. The van der Waals surface area contributed by atoms with E-state index in [1.807, 2.05) is 48.5 Å². The van der Waals surface area contributed by atoms with Crippen LogP contribution in [0, 0.1) is 0 Å². The first-order valence-corrected chi connectivity index (χ1v) is 11.9. The Morgan fingerprint density at radius 2 is 1.58 bits per heavy atom. The summed E-state index contributed by atoms with van der Waals surface area (Å²) in [6, 6.07) is 30.8. The first-order chi connectivity index (χ1) is 18.6. The SMILES string of the molecule is COc1ccc(-c2nc3ccccc3c(=O)n2N=Cc2ccccc2OC(=O)/C=C/c2ccccc2)cc1. The van der Waals surface area contributed by atoms with Crippen molar-refractivity contribution in [3.05, 3.63) is 131 Å². The lowest BCUT2D eigenvalue weighted by atomic mass is 10.2. The van der Waals surface area contributed by atoms with Crippen LogP contribution >= 0.6 is 0 Å². The summed E-state index contributed by atoms with van der Waals surface area (Å²) in [5.74, 6) is 0.835. The monoisotopic (exact) mass is 501 g/mol. The van der Waals surface area contributed by atoms with E-state index in [-0.39, 0.29) is 5.56 Å². The van der Waals surface area contributed by atoms with E-state index in [0.717, 1.165) is 5.56 Å². The third-order valence-corrected chi connectivity index (χ3v) is 5.76. The summed E-state index contributed by atoms with van der Waals surface area (Å²) >= 11 is 0. The molecule has 0 N–H and O–H groups in total. The van der Waals surface area contributed by atoms with Crippen molar-refractivity contribution in [2.45, 2.75) is 0 Å². The lowest BCUT2D eigenvalue weighted by Gasteiger charge is -2.10. The van der Waals surface area contributed by atoms with E-state index in [1.165, 1.54) is 17.0 Å². The highest BCUT2D eigenvalue weighted by Gasteiger charge is 2.13. The van der Waals surface area contributed by atoms with E-state index in [4.69, 9.17) is 14.5 Å². The summed E-state index contributed by atoms with van der Waals surface area (Å²) in [6.07, 6.45) is 4.53. The molecule has 7 nitrogen and oxygen atoms in total. The zero-order valence-electron chi connectivity index (χ0n) is 20.5. The predicted molar refractivity (Wildman–Crippen MR) is 149 cm³/mol. The Morgan fingerprint density at radius 3 is 2.37 bits per heavy atom. The Hall–Kier alpha value is -5.30. The Kier molecular flexibility index (Phi) is 7.18. The second kappa shape index (κ2) is 11.2. The number of nitrogens with zero attached hydrogens (tertiary/aromatic N) is 3. The number of hydrogen-bond donors (Lipinski definition) is 0. The number of carbonyl (C=O) groups excluding carboxylic acids is 1. The van der Waals surface area contributed by atoms with E-state index in [2.05, 4.69) is 5.10 Å². The first kappa shape index (κ1) is 24.4. The molecule has 0 aliphatic rings. The van der Waals surface area contributed by atoms with Crippen molar-refractivity contribution >= 4 is 29.2 Å². The van der Waals surface area contributed by atoms with E-state index < -0.39 is 5.97 Å². The number of esters is 1. The second-order valence-electron chi connectivity index (χ2n) is 8.25. The number of hydrogen-bond acceptors (Lipinski definition) is 6. The summed E-state index contributed by atoms with van der Waals surface area (Å²) in [5, 5.41) is 4.92. The molecule has 5 aromatic rings. The third kappa shape index (κ3) is 5.42. The lowest BCUT2D eigenvalue weighted by molar-refractivity contribution is -0.128. The Balaban J connectivity index is 1.50. The fraction of sp³-hybridized carbons (Fsp3) is 0.0323. The molecule has 4 aromatic carbocycles. The maximum atomic E-state index is 13.4. The van der Waals surface area contributed by atoms with Gasteiger partial charge in [-0.3, -0.25) is 4.79 Å². The van der Waals surface area contributed by atoms with Gasteiger partial charge in [0.2, 0.25) is 0 Å². The number of para-hydroxylation sites is 2. The molecule has 0 aliphatic heterocycles. The van der Waals surface area contributed by atoms with Crippen LogP contribution in [0.25, 0.3) is 28.4 Å². The van der Waals surface area contributed by atoms with Gasteiger partial charge in [0.25, 0.3) is 5.56 Å². The van der Waals surface area contributed by atoms with Crippen LogP contribution in [0.4, 0.5) is 0 Å². The van der Waals surface area contributed by atoms with Gasteiger partial charge in [-0.1, -0.05) is 54.6 Å². The summed E-state index contributed by atoms with van der Waals surface area (Å²) < 4.78 is 12.1. The van der Waals surface area contributed by atoms with Crippen molar-refractivity contribution in [2.75, 3.05) is 7.11 Å². The van der Waals surface area contributed by atoms with Crippen molar-refractivity contribution in [2.24, 2.45) is 5.10 Å². The third-order valence-electron chi connectivity index (χ3n) is 5.76. The molecule has 0 aliphatic carbocycles. The largest absolute Gasteiger partial charge is 0.497 e.